The molecule has 0 saturated heterocycles. The van der Waals surface area contributed by atoms with Gasteiger partial charge in [-0.2, -0.15) is 11.8 Å². The van der Waals surface area contributed by atoms with E-state index in [1.54, 1.807) is 11.8 Å². The van der Waals surface area contributed by atoms with Crippen LogP contribution < -0.4 is 10.5 Å². The fourth-order valence-electron chi connectivity index (χ4n) is 2.20. The van der Waals surface area contributed by atoms with Crippen molar-refractivity contribution in [1.82, 2.24) is 4.72 Å². The third kappa shape index (κ3) is 3.71. The van der Waals surface area contributed by atoms with Gasteiger partial charge in [0.25, 0.3) is 0 Å². The van der Waals surface area contributed by atoms with Gasteiger partial charge in [-0.15, -0.1) is 0 Å². The Morgan fingerprint density at radius 2 is 2.19 bits per heavy atom. The third-order valence-corrected chi connectivity index (χ3v) is 7.15. The summed E-state index contributed by atoms with van der Waals surface area (Å²) in [5.74, 6) is 0. The SMILES string of the molecule is CSC1(CNS(=O)(=O)c2ccc(C(N)=S)c(Cl)c2)CCC1. The van der Waals surface area contributed by atoms with Gasteiger partial charge in [0, 0.05) is 16.9 Å². The Hall–Kier alpha value is -0.340. The monoisotopic (exact) mass is 364 g/mol. The van der Waals surface area contributed by atoms with Crippen LogP contribution in [0.3, 0.4) is 0 Å². The number of hydrogen-bond donors (Lipinski definition) is 2. The molecule has 8 heteroatoms. The normalized spacial score (nSPS) is 17.2. The molecule has 1 aliphatic rings. The molecule has 4 nitrogen and oxygen atoms in total. The van der Waals surface area contributed by atoms with E-state index in [0.717, 1.165) is 19.3 Å². The smallest absolute Gasteiger partial charge is 0.240 e. The van der Waals surface area contributed by atoms with Crippen LogP contribution in [0.2, 0.25) is 5.02 Å². The first-order valence-electron chi connectivity index (χ1n) is 6.44. The third-order valence-electron chi connectivity index (χ3n) is 3.80. The molecule has 2 rings (SSSR count). The van der Waals surface area contributed by atoms with E-state index >= 15 is 0 Å². The maximum Gasteiger partial charge on any atom is 0.240 e. The van der Waals surface area contributed by atoms with Crippen molar-refractivity contribution in [3.05, 3.63) is 28.8 Å². The second kappa shape index (κ2) is 6.42. The summed E-state index contributed by atoms with van der Waals surface area (Å²) in [4.78, 5) is 0.274. The molecule has 21 heavy (non-hydrogen) atoms. The van der Waals surface area contributed by atoms with Gasteiger partial charge in [-0.1, -0.05) is 30.2 Å². The molecule has 1 aromatic rings. The van der Waals surface area contributed by atoms with Crippen LogP contribution in [0.4, 0.5) is 0 Å². The first kappa shape index (κ1) is 17.0. The molecule has 3 N–H and O–H groups in total. The zero-order chi connectivity index (χ0) is 15.7. The molecular formula is C13H17ClN2O2S3. The summed E-state index contributed by atoms with van der Waals surface area (Å²) in [6, 6.07) is 4.38. The highest BCUT2D eigenvalue weighted by Crippen LogP contribution is 2.42. The quantitative estimate of drug-likeness (QED) is 0.759. The molecule has 116 valence electrons. The largest absolute Gasteiger partial charge is 0.389 e. The van der Waals surface area contributed by atoms with Crippen molar-refractivity contribution in [2.45, 2.75) is 28.9 Å². The highest BCUT2D eigenvalue weighted by Gasteiger charge is 2.37. The van der Waals surface area contributed by atoms with Crippen molar-refractivity contribution in [3.8, 4) is 0 Å². The average molecular weight is 365 g/mol. The second-order valence-corrected chi connectivity index (χ2v) is 8.96. The topological polar surface area (TPSA) is 72.2 Å². The minimum Gasteiger partial charge on any atom is -0.389 e. The number of sulfonamides is 1. The molecule has 1 aromatic carbocycles. The number of rotatable bonds is 6. The average Bonchev–Trinajstić information content (AvgIpc) is 2.37. The molecule has 1 saturated carbocycles. The number of halogens is 1. The van der Waals surface area contributed by atoms with Crippen LogP contribution in [-0.4, -0.2) is 31.0 Å². The van der Waals surface area contributed by atoms with E-state index in [9.17, 15) is 8.42 Å². The van der Waals surface area contributed by atoms with Crippen LogP contribution in [0.15, 0.2) is 23.1 Å². The number of benzene rings is 1. The molecule has 0 radical (unpaired) electrons. The molecule has 1 fully saturated rings. The number of thioether (sulfide) groups is 1. The molecule has 0 heterocycles. The second-order valence-electron chi connectivity index (χ2n) is 5.07. The van der Waals surface area contributed by atoms with Gasteiger partial charge < -0.3 is 5.73 Å². The van der Waals surface area contributed by atoms with Gasteiger partial charge in [-0.25, -0.2) is 13.1 Å². The summed E-state index contributed by atoms with van der Waals surface area (Å²) < 4.78 is 27.4. The summed E-state index contributed by atoms with van der Waals surface area (Å²) in [6.45, 7) is 0.436. The van der Waals surface area contributed by atoms with Gasteiger partial charge in [-0.3, -0.25) is 0 Å². The number of nitrogens with one attached hydrogen (secondary N) is 1. The molecule has 0 bridgehead atoms. The van der Waals surface area contributed by atoms with Gasteiger partial charge in [0.2, 0.25) is 10.0 Å². The summed E-state index contributed by atoms with van der Waals surface area (Å²) in [5, 5.41) is 0.244. The van der Waals surface area contributed by atoms with E-state index in [4.69, 9.17) is 29.6 Å². The molecule has 0 unspecified atom stereocenters. The minimum absolute atomic E-state index is 0.0373. The van der Waals surface area contributed by atoms with Crippen molar-refractivity contribution in [2.75, 3.05) is 12.8 Å². The fourth-order valence-corrected chi connectivity index (χ4v) is 4.94. The van der Waals surface area contributed by atoms with Crippen molar-refractivity contribution >= 4 is 50.6 Å². The fraction of sp³-hybridized carbons (Fsp3) is 0.462. The van der Waals surface area contributed by atoms with Crippen molar-refractivity contribution in [2.24, 2.45) is 5.73 Å². The standard InChI is InChI=1S/C13H17ClN2O2S3/c1-20-13(5-2-6-13)8-16-21(17,18)9-3-4-10(12(15)19)11(14)7-9/h3-4,7,16H,2,5-6,8H2,1H3,(H2,15,19). The Kier molecular flexibility index (Phi) is 5.20. The predicted molar refractivity (Wildman–Crippen MR) is 92.6 cm³/mol. The highest BCUT2D eigenvalue weighted by molar-refractivity contribution is 8.00. The Morgan fingerprint density at radius 3 is 2.62 bits per heavy atom. The van der Waals surface area contributed by atoms with Crippen LogP contribution in [0.5, 0.6) is 0 Å². The number of hydrogen-bond acceptors (Lipinski definition) is 4. The van der Waals surface area contributed by atoms with Crippen molar-refractivity contribution in [1.29, 1.82) is 0 Å². The van der Waals surface area contributed by atoms with Crippen LogP contribution in [-0.2, 0) is 10.0 Å². The van der Waals surface area contributed by atoms with Gasteiger partial charge in [-0.05, 0) is 37.3 Å². The number of thiocarbonyl (C=S) groups is 1. The number of nitrogens with two attached hydrogens (primary N) is 1. The van der Waals surface area contributed by atoms with Gasteiger partial charge in [0.1, 0.15) is 4.99 Å². The van der Waals surface area contributed by atoms with E-state index in [1.807, 2.05) is 6.26 Å². The summed E-state index contributed by atoms with van der Waals surface area (Å²) >= 11 is 12.6. The van der Waals surface area contributed by atoms with Crippen LogP contribution >= 0.6 is 35.6 Å². The predicted octanol–water partition coefficient (Wildman–Crippen LogP) is 2.54. The van der Waals surface area contributed by atoms with Crippen molar-refractivity contribution < 1.29 is 8.42 Å². The molecule has 0 spiro atoms. The Bertz CT molecular complexity index is 652. The zero-order valence-electron chi connectivity index (χ0n) is 11.6. The van der Waals surface area contributed by atoms with Gasteiger partial charge in [0.05, 0.1) is 9.92 Å². The van der Waals surface area contributed by atoms with Crippen LogP contribution in [0.25, 0.3) is 0 Å². The van der Waals surface area contributed by atoms with Gasteiger partial charge in [0.15, 0.2) is 0 Å². The summed E-state index contributed by atoms with van der Waals surface area (Å²) in [7, 11) is -3.58. The van der Waals surface area contributed by atoms with Gasteiger partial charge >= 0.3 is 0 Å². The maximum absolute atomic E-state index is 12.3. The van der Waals surface area contributed by atoms with E-state index < -0.39 is 10.0 Å². The Morgan fingerprint density at radius 1 is 1.52 bits per heavy atom. The molecule has 0 amide bonds. The van der Waals surface area contributed by atoms with Crippen LogP contribution in [0, 0.1) is 0 Å². The van der Waals surface area contributed by atoms with Crippen molar-refractivity contribution in [3.63, 3.8) is 0 Å². The first-order valence-corrected chi connectivity index (χ1v) is 9.93. The zero-order valence-corrected chi connectivity index (χ0v) is 14.8. The highest BCUT2D eigenvalue weighted by atomic mass is 35.5. The Balaban J connectivity index is 2.16. The molecular weight excluding hydrogens is 348 g/mol. The lowest BCUT2D eigenvalue weighted by Crippen LogP contribution is -2.45. The molecule has 0 aromatic heterocycles. The summed E-state index contributed by atoms with van der Waals surface area (Å²) in [5.41, 5.74) is 5.99. The van der Waals surface area contributed by atoms with E-state index in [-0.39, 0.29) is 19.7 Å². The summed E-state index contributed by atoms with van der Waals surface area (Å²) in [6.07, 6.45) is 5.24. The lowest BCUT2D eigenvalue weighted by Gasteiger charge is -2.40. The lowest BCUT2D eigenvalue weighted by molar-refractivity contribution is 0.362. The maximum atomic E-state index is 12.3. The molecule has 0 atom stereocenters. The minimum atomic E-state index is -3.58. The first-order chi connectivity index (χ1) is 9.80. The molecule has 1 aliphatic carbocycles. The Labute approximate surface area is 139 Å². The van der Waals surface area contributed by atoms with E-state index in [2.05, 4.69) is 4.72 Å². The van der Waals surface area contributed by atoms with E-state index in [1.165, 1.54) is 18.2 Å². The lowest BCUT2D eigenvalue weighted by atomic mass is 9.84. The van der Waals surface area contributed by atoms with E-state index in [0.29, 0.717) is 12.1 Å². The molecule has 0 aliphatic heterocycles. The van der Waals surface area contributed by atoms with Crippen LogP contribution in [0.1, 0.15) is 24.8 Å².